The second kappa shape index (κ2) is 6.89. The zero-order chi connectivity index (χ0) is 15.5. The summed E-state index contributed by atoms with van der Waals surface area (Å²) in [6, 6.07) is 4.19. The number of aromatic nitrogens is 1. The Morgan fingerprint density at radius 1 is 1.33 bits per heavy atom. The molecule has 1 aromatic heterocycles. The van der Waals surface area contributed by atoms with Crippen molar-refractivity contribution >= 4 is 0 Å². The topological polar surface area (TPSA) is 36.4 Å². The fraction of sp³-hybridized carbons (Fsp3) is 0.722. The molecule has 1 aliphatic carbocycles. The molecule has 1 saturated carbocycles. The van der Waals surface area contributed by atoms with Gasteiger partial charge < -0.3 is 10.0 Å². The molecule has 1 fully saturated rings. The highest BCUT2D eigenvalue weighted by Crippen LogP contribution is 2.38. The SMILES string of the molecule is CCc1ccc(CC(O)C2(N(C)C)CCC(C)CC2)nc1. The lowest BCUT2D eigenvalue weighted by Gasteiger charge is -2.47. The van der Waals surface area contributed by atoms with Crippen LogP contribution in [0.15, 0.2) is 18.3 Å². The predicted octanol–water partition coefficient (Wildman–Crippen LogP) is 3.06. The Kier molecular flexibility index (Phi) is 5.39. The first-order valence-electron chi connectivity index (χ1n) is 8.27. The van der Waals surface area contributed by atoms with E-state index < -0.39 is 0 Å². The highest BCUT2D eigenvalue weighted by atomic mass is 16.3. The Bertz CT molecular complexity index is 433. The first-order chi connectivity index (χ1) is 9.98. The molecule has 2 rings (SSSR count). The second-order valence-electron chi connectivity index (χ2n) is 6.91. The summed E-state index contributed by atoms with van der Waals surface area (Å²) < 4.78 is 0. The van der Waals surface area contributed by atoms with Gasteiger partial charge >= 0.3 is 0 Å². The molecule has 3 heteroatoms. The largest absolute Gasteiger partial charge is 0.391 e. The van der Waals surface area contributed by atoms with E-state index in [1.165, 1.54) is 18.4 Å². The van der Waals surface area contributed by atoms with E-state index in [1.807, 2.05) is 6.20 Å². The lowest BCUT2D eigenvalue weighted by atomic mass is 9.72. The van der Waals surface area contributed by atoms with Gasteiger partial charge in [0, 0.05) is 23.9 Å². The molecule has 0 saturated heterocycles. The second-order valence-corrected chi connectivity index (χ2v) is 6.91. The summed E-state index contributed by atoms with van der Waals surface area (Å²) in [6.07, 6.45) is 7.82. The van der Waals surface area contributed by atoms with Gasteiger partial charge in [-0.2, -0.15) is 0 Å². The van der Waals surface area contributed by atoms with Crippen molar-refractivity contribution in [2.24, 2.45) is 5.92 Å². The van der Waals surface area contributed by atoms with E-state index in [2.05, 4.69) is 50.0 Å². The molecule has 1 atom stereocenters. The van der Waals surface area contributed by atoms with Crippen molar-refractivity contribution in [3.8, 4) is 0 Å². The van der Waals surface area contributed by atoms with Gasteiger partial charge in [0.15, 0.2) is 0 Å². The van der Waals surface area contributed by atoms with Gasteiger partial charge in [-0.1, -0.05) is 19.9 Å². The highest BCUT2D eigenvalue weighted by molar-refractivity contribution is 5.15. The highest BCUT2D eigenvalue weighted by Gasteiger charge is 2.42. The van der Waals surface area contributed by atoms with Gasteiger partial charge in [-0.15, -0.1) is 0 Å². The summed E-state index contributed by atoms with van der Waals surface area (Å²) in [6.45, 7) is 4.45. The monoisotopic (exact) mass is 290 g/mol. The molecule has 1 aromatic rings. The molecular formula is C18H30N2O. The molecule has 1 unspecified atom stereocenters. The van der Waals surface area contributed by atoms with E-state index in [9.17, 15) is 5.11 Å². The molecule has 0 aromatic carbocycles. The zero-order valence-electron chi connectivity index (χ0n) is 14.0. The van der Waals surface area contributed by atoms with Crippen molar-refractivity contribution in [1.82, 2.24) is 9.88 Å². The van der Waals surface area contributed by atoms with E-state index in [4.69, 9.17) is 0 Å². The van der Waals surface area contributed by atoms with Crippen LogP contribution in [0.5, 0.6) is 0 Å². The van der Waals surface area contributed by atoms with Crippen molar-refractivity contribution in [1.29, 1.82) is 0 Å². The number of nitrogens with zero attached hydrogens (tertiary/aromatic N) is 2. The van der Waals surface area contributed by atoms with Gasteiger partial charge in [-0.25, -0.2) is 0 Å². The van der Waals surface area contributed by atoms with Crippen LogP contribution in [-0.2, 0) is 12.8 Å². The molecule has 0 radical (unpaired) electrons. The summed E-state index contributed by atoms with van der Waals surface area (Å²) in [5, 5.41) is 10.9. The summed E-state index contributed by atoms with van der Waals surface area (Å²) in [5.74, 6) is 0.784. The molecule has 0 spiro atoms. The average molecular weight is 290 g/mol. The molecule has 21 heavy (non-hydrogen) atoms. The number of aryl methyl sites for hydroxylation is 1. The molecule has 0 amide bonds. The first-order valence-corrected chi connectivity index (χ1v) is 8.27. The summed E-state index contributed by atoms with van der Waals surface area (Å²) in [7, 11) is 4.21. The summed E-state index contributed by atoms with van der Waals surface area (Å²) in [5.41, 5.74) is 2.17. The van der Waals surface area contributed by atoms with Gasteiger partial charge in [-0.3, -0.25) is 4.98 Å². The van der Waals surface area contributed by atoms with Crippen LogP contribution in [0.4, 0.5) is 0 Å². The Morgan fingerprint density at radius 2 is 2.00 bits per heavy atom. The molecule has 0 aliphatic heterocycles. The van der Waals surface area contributed by atoms with Gasteiger partial charge in [-0.05, 0) is 63.7 Å². The third-order valence-electron chi connectivity index (χ3n) is 5.35. The van der Waals surface area contributed by atoms with Crippen LogP contribution in [0.1, 0.15) is 50.8 Å². The number of hydrogen-bond donors (Lipinski definition) is 1. The molecular weight excluding hydrogens is 260 g/mol. The van der Waals surface area contributed by atoms with Crippen molar-refractivity contribution in [3.63, 3.8) is 0 Å². The molecule has 118 valence electrons. The Morgan fingerprint density at radius 3 is 2.48 bits per heavy atom. The van der Waals surface area contributed by atoms with Crippen molar-refractivity contribution in [3.05, 3.63) is 29.6 Å². The van der Waals surface area contributed by atoms with E-state index in [0.29, 0.717) is 6.42 Å². The van der Waals surface area contributed by atoms with Crippen LogP contribution in [-0.4, -0.2) is 40.7 Å². The van der Waals surface area contributed by atoms with E-state index in [-0.39, 0.29) is 11.6 Å². The predicted molar refractivity (Wildman–Crippen MR) is 87.4 cm³/mol. The van der Waals surface area contributed by atoms with Crippen molar-refractivity contribution in [2.45, 2.75) is 64.0 Å². The van der Waals surface area contributed by atoms with Crippen LogP contribution in [0.25, 0.3) is 0 Å². The molecule has 1 N–H and O–H groups in total. The van der Waals surface area contributed by atoms with Crippen LogP contribution in [0, 0.1) is 5.92 Å². The Hall–Kier alpha value is -0.930. The fourth-order valence-electron chi connectivity index (χ4n) is 3.51. The third kappa shape index (κ3) is 3.64. The van der Waals surface area contributed by atoms with E-state index in [0.717, 1.165) is 30.9 Å². The Labute approximate surface area is 129 Å². The smallest absolute Gasteiger partial charge is 0.0778 e. The van der Waals surface area contributed by atoms with Crippen LogP contribution in [0.2, 0.25) is 0 Å². The van der Waals surface area contributed by atoms with E-state index in [1.54, 1.807) is 0 Å². The number of aliphatic hydroxyl groups excluding tert-OH is 1. The van der Waals surface area contributed by atoms with Crippen LogP contribution in [0.3, 0.4) is 0 Å². The minimum absolute atomic E-state index is 0.0857. The van der Waals surface area contributed by atoms with Gasteiger partial charge in [0.1, 0.15) is 0 Å². The Balaban J connectivity index is 2.09. The van der Waals surface area contributed by atoms with Gasteiger partial charge in [0.25, 0.3) is 0 Å². The zero-order valence-corrected chi connectivity index (χ0v) is 14.0. The fourth-order valence-corrected chi connectivity index (χ4v) is 3.51. The number of hydrogen-bond acceptors (Lipinski definition) is 3. The van der Waals surface area contributed by atoms with Crippen molar-refractivity contribution in [2.75, 3.05) is 14.1 Å². The molecule has 1 heterocycles. The standard InChI is InChI=1S/C18H30N2O/c1-5-15-6-7-16(19-13-15)12-17(21)18(20(3)4)10-8-14(2)9-11-18/h6-7,13-14,17,21H,5,8-12H2,1-4H3. The number of rotatable bonds is 5. The number of pyridine rings is 1. The first kappa shape index (κ1) is 16.4. The quantitative estimate of drug-likeness (QED) is 0.905. The minimum atomic E-state index is -0.347. The summed E-state index contributed by atoms with van der Waals surface area (Å²) >= 11 is 0. The van der Waals surface area contributed by atoms with Crippen LogP contribution >= 0.6 is 0 Å². The maximum absolute atomic E-state index is 10.9. The van der Waals surface area contributed by atoms with Gasteiger partial charge in [0.05, 0.1) is 6.10 Å². The normalized spacial score (nSPS) is 27.8. The molecule has 1 aliphatic rings. The lowest BCUT2D eigenvalue weighted by Crippen LogP contribution is -2.56. The van der Waals surface area contributed by atoms with Gasteiger partial charge in [0.2, 0.25) is 0 Å². The van der Waals surface area contributed by atoms with Crippen LogP contribution < -0.4 is 0 Å². The maximum atomic E-state index is 10.9. The average Bonchev–Trinajstić information content (AvgIpc) is 2.48. The maximum Gasteiger partial charge on any atom is 0.0778 e. The third-order valence-corrected chi connectivity index (χ3v) is 5.35. The summed E-state index contributed by atoms with van der Waals surface area (Å²) in [4.78, 5) is 6.75. The number of likely N-dealkylation sites (N-methyl/N-ethyl adjacent to an activating group) is 1. The van der Waals surface area contributed by atoms with Crippen molar-refractivity contribution < 1.29 is 5.11 Å². The lowest BCUT2D eigenvalue weighted by molar-refractivity contribution is -0.0386. The molecule has 3 nitrogen and oxygen atoms in total. The minimum Gasteiger partial charge on any atom is -0.391 e. The number of aliphatic hydroxyl groups is 1. The molecule has 0 bridgehead atoms. The van der Waals surface area contributed by atoms with E-state index >= 15 is 0 Å².